The third-order valence-electron chi connectivity index (χ3n) is 4.90. The molecule has 0 radical (unpaired) electrons. The first kappa shape index (κ1) is 18.1. The molecular formula is C19H21FN4O2S. The van der Waals surface area contributed by atoms with Gasteiger partial charge in [-0.1, -0.05) is 6.92 Å². The molecule has 0 saturated carbocycles. The van der Waals surface area contributed by atoms with Crippen LogP contribution in [0.1, 0.15) is 25.8 Å². The van der Waals surface area contributed by atoms with Crippen LogP contribution in [0.25, 0.3) is 22.6 Å². The van der Waals surface area contributed by atoms with Crippen molar-refractivity contribution in [1.29, 1.82) is 0 Å². The van der Waals surface area contributed by atoms with Crippen molar-refractivity contribution < 1.29 is 12.8 Å². The van der Waals surface area contributed by atoms with Crippen molar-refractivity contribution in [2.24, 2.45) is 0 Å². The van der Waals surface area contributed by atoms with Crippen LogP contribution in [0.4, 0.5) is 4.39 Å². The van der Waals surface area contributed by atoms with E-state index in [9.17, 15) is 12.8 Å². The van der Waals surface area contributed by atoms with Crippen molar-refractivity contribution in [3.63, 3.8) is 0 Å². The molecule has 1 saturated heterocycles. The van der Waals surface area contributed by atoms with E-state index in [0.29, 0.717) is 31.8 Å². The minimum absolute atomic E-state index is 0.0587. The molecule has 6 nitrogen and oxygen atoms in total. The Labute approximate surface area is 157 Å². The van der Waals surface area contributed by atoms with Crippen LogP contribution < -0.4 is 0 Å². The van der Waals surface area contributed by atoms with Gasteiger partial charge in [-0.05, 0) is 49.2 Å². The van der Waals surface area contributed by atoms with Crippen LogP contribution in [-0.4, -0.2) is 46.1 Å². The number of benzene rings is 1. The fraction of sp³-hybridized carbons (Fsp3) is 0.368. The number of pyridine rings is 1. The molecule has 1 aliphatic rings. The van der Waals surface area contributed by atoms with Gasteiger partial charge in [0.1, 0.15) is 17.2 Å². The summed E-state index contributed by atoms with van der Waals surface area (Å²) in [6.07, 6.45) is 2.99. The highest BCUT2D eigenvalue weighted by atomic mass is 32.2. The van der Waals surface area contributed by atoms with Crippen molar-refractivity contribution in [2.45, 2.75) is 25.8 Å². The van der Waals surface area contributed by atoms with Gasteiger partial charge in [0.2, 0.25) is 10.0 Å². The summed E-state index contributed by atoms with van der Waals surface area (Å²) in [5, 5.41) is 0. The summed E-state index contributed by atoms with van der Waals surface area (Å²) < 4.78 is 41.8. The average Bonchev–Trinajstić information content (AvgIpc) is 3.27. The SMILES string of the molecule is CCCS(=O)(=O)N1CC[C@H](n2c(-c3ccc(F)cc3)nc3cccnc32)C1. The molecule has 1 fully saturated rings. The molecule has 0 N–H and O–H groups in total. The molecule has 1 aliphatic heterocycles. The molecule has 0 bridgehead atoms. The van der Waals surface area contributed by atoms with Crippen molar-refractivity contribution in [1.82, 2.24) is 18.8 Å². The first-order valence-corrected chi connectivity index (χ1v) is 10.7. The molecule has 8 heteroatoms. The van der Waals surface area contributed by atoms with Gasteiger partial charge in [-0.3, -0.25) is 0 Å². The predicted molar refractivity (Wildman–Crippen MR) is 102 cm³/mol. The molecule has 142 valence electrons. The van der Waals surface area contributed by atoms with E-state index in [1.165, 1.54) is 12.1 Å². The lowest BCUT2D eigenvalue weighted by Crippen LogP contribution is -2.31. The summed E-state index contributed by atoms with van der Waals surface area (Å²) in [5.41, 5.74) is 2.24. The quantitative estimate of drug-likeness (QED) is 0.673. The van der Waals surface area contributed by atoms with Crippen molar-refractivity contribution in [2.75, 3.05) is 18.8 Å². The van der Waals surface area contributed by atoms with Gasteiger partial charge in [0.05, 0.1) is 11.8 Å². The number of fused-ring (bicyclic) bond motifs is 1. The van der Waals surface area contributed by atoms with Gasteiger partial charge in [0, 0.05) is 24.8 Å². The van der Waals surface area contributed by atoms with Gasteiger partial charge in [-0.15, -0.1) is 0 Å². The zero-order chi connectivity index (χ0) is 19.0. The van der Waals surface area contributed by atoms with Crippen molar-refractivity contribution in [3.8, 4) is 11.4 Å². The third-order valence-corrected chi connectivity index (χ3v) is 6.94. The van der Waals surface area contributed by atoms with E-state index in [2.05, 4.69) is 4.98 Å². The van der Waals surface area contributed by atoms with Crippen LogP contribution >= 0.6 is 0 Å². The summed E-state index contributed by atoms with van der Waals surface area (Å²) >= 11 is 0. The lowest BCUT2D eigenvalue weighted by atomic mass is 10.2. The van der Waals surface area contributed by atoms with E-state index in [0.717, 1.165) is 16.7 Å². The molecule has 1 aromatic carbocycles. The Morgan fingerprint density at radius 3 is 2.74 bits per heavy atom. The largest absolute Gasteiger partial charge is 0.304 e. The van der Waals surface area contributed by atoms with E-state index in [1.807, 2.05) is 23.6 Å². The Hall–Kier alpha value is -2.32. The van der Waals surface area contributed by atoms with Gasteiger partial charge in [-0.2, -0.15) is 4.31 Å². The Morgan fingerprint density at radius 2 is 2.00 bits per heavy atom. The van der Waals surface area contributed by atoms with Gasteiger partial charge in [0.25, 0.3) is 0 Å². The molecule has 2 aromatic heterocycles. The first-order valence-electron chi connectivity index (χ1n) is 9.06. The van der Waals surface area contributed by atoms with Crippen molar-refractivity contribution in [3.05, 3.63) is 48.4 Å². The van der Waals surface area contributed by atoms with E-state index < -0.39 is 10.0 Å². The molecular weight excluding hydrogens is 367 g/mol. The fourth-order valence-electron chi connectivity index (χ4n) is 3.64. The third kappa shape index (κ3) is 3.35. The first-order chi connectivity index (χ1) is 13.0. The van der Waals surface area contributed by atoms with Crippen molar-refractivity contribution >= 4 is 21.2 Å². The number of nitrogens with zero attached hydrogens (tertiary/aromatic N) is 4. The summed E-state index contributed by atoms with van der Waals surface area (Å²) in [6, 6.07) is 9.82. The predicted octanol–water partition coefficient (Wildman–Crippen LogP) is 3.22. The molecule has 0 unspecified atom stereocenters. The van der Waals surface area contributed by atoms with Crippen LogP contribution in [0.5, 0.6) is 0 Å². The number of hydrogen-bond acceptors (Lipinski definition) is 4. The van der Waals surface area contributed by atoms with Gasteiger partial charge < -0.3 is 4.57 Å². The minimum Gasteiger partial charge on any atom is -0.304 e. The number of aromatic nitrogens is 3. The fourth-order valence-corrected chi connectivity index (χ4v) is 5.20. The van der Waals surface area contributed by atoms with E-state index in [-0.39, 0.29) is 17.6 Å². The lowest BCUT2D eigenvalue weighted by molar-refractivity contribution is 0.455. The monoisotopic (exact) mass is 388 g/mol. The number of hydrogen-bond donors (Lipinski definition) is 0. The highest BCUT2D eigenvalue weighted by molar-refractivity contribution is 7.89. The van der Waals surface area contributed by atoms with Crippen LogP contribution in [0.15, 0.2) is 42.6 Å². The molecule has 27 heavy (non-hydrogen) atoms. The number of rotatable bonds is 5. The highest BCUT2D eigenvalue weighted by Gasteiger charge is 2.34. The Kier molecular flexibility index (Phi) is 4.69. The zero-order valence-electron chi connectivity index (χ0n) is 15.0. The van der Waals surface area contributed by atoms with Crippen LogP contribution in [0, 0.1) is 5.82 Å². The molecule has 0 spiro atoms. The summed E-state index contributed by atoms with van der Waals surface area (Å²) in [4.78, 5) is 9.16. The average molecular weight is 388 g/mol. The number of imidazole rings is 1. The second kappa shape index (κ2) is 7.01. The summed E-state index contributed by atoms with van der Waals surface area (Å²) in [7, 11) is -3.24. The standard InChI is InChI=1S/C19H21FN4O2S/c1-2-12-27(25,26)23-11-9-16(13-23)24-18(14-5-7-15(20)8-6-14)22-17-4-3-10-21-19(17)24/h3-8,10,16H,2,9,11-13H2,1H3/t16-/m0/s1. The van der Waals surface area contributed by atoms with Gasteiger partial charge in [0.15, 0.2) is 5.65 Å². The summed E-state index contributed by atoms with van der Waals surface area (Å²) in [5.74, 6) is 0.536. The zero-order valence-corrected chi connectivity index (χ0v) is 15.9. The topological polar surface area (TPSA) is 68.1 Å². The van der Waals surface area contributed by atoms with Crippen LogP contribution in [0.2, 0.25) is 0 Å². The van der Waals surface area contributed by atoms with Crippen LogP contribution in [-0.2, 0) is 10.0 Å². The maximum atomic E-state index is 13.4. The molecule has 0 amide bonds. The second-order valence-electron chi connectivity index (χ2n) is 6.77. The molecule has 4 rings (SSSR count). The van der Waals surface area contributed by atoms with Gasteiger partial charge >= 0.3 is 0 Å². The lowest BCUT2D eigenvalue weighted by Gasteiger charge is -2.18. The van der Waals surface area contributed by atoms with E-state index in [1.54, 1.807) is 22.6 Å². The number of halogens is 1. The Morgan fingerprint density at radius 1 is 1.22 bits per heavy atom. The molecule has 1 atom stereocenters. The van der Waals surface area contributed by atoms with Crippen LogP contribution in [0.3, 0.4) is 0 Å². The normalized spacial score (nSPS) is 18.4. The van der Waals surface area contributed by atoms with Gasteiger partial charge in [-0.25, -0.2) is 22.8 Å². The minimum atomic E-state index is -3.24. The molecule has 0 aliphatic carbocycles. The smallest absolute Gasteiger partial charge is 0.214 e. The van der Waals surface area contributed by atoms with E-state index in [4.69, 9.17) is 4.98 Å². The molecule has 3 aromatic rings. The molecule has 3 heterocycles. The van der Waals surface area contributed by atoms with E-state index >= 15 is 0 Å². The summed E-state index contributed by atoms with van der Waals surface area (Å²) in [6.45, 7) is 2.76. The maximum absolute atomic E-state index is 13.4. The highest BCUT2D eigenvalue weighted by Crippen LogP contribution is 2.33. The Balaban J connectivity index is 1.77. The number of sulfonamides is 1. The maximum Gasteiger partial charge on any atom is 0.214 e. The Bertz CT molecular complexity index is 1060. The second-order valence-corrected chi connectivity index (χ2v) is 8.86.